The predicted octanol–water partition coefficient (Wildman–Crippen LogP) is 7.34. The number of hydrogen-bond donors (Lipinski definition) is 3. The zero-order valence-electron chi connectivity index (χ0n) is 27.2. The van der Waals surface area contributed by atoms with Gasteiger partial charge >= 0.3 is 0 Å². The minimum Gasteiger partial charge on any atom is -0.486 e. The Morgan fingerprint density at radius 2 is 1.46 bits per heavy atom. The van der Waals surface area contributed by atoms with Crippen molar-refractivity contribution in [3.8, 4) is 33.8 Å². The zero-order chi connectivity index (χ0) is 35.3. The van der Waals surface area contributed by atoms with Crippen LogP contribution in [0.5, 0.6) is 11.5 Å². The summed E-state index contributed by atoms with van der Waals surface area (Å²) in [6.45, 7) is 2.80. The number of carbonyl (C=O) groups is 2. The van der Waals surface area contributed by atoms with Crippen LogP contribution in [0.1, 0.15) is 33.0 Å². The molecule has 1 heterocycles. The van der Waals surface area contributed by atoms with Gasteiger partial charge in [-0.05, 0) is 101 Å². The van der Waals surface area contributed by atoms with Crippen molar-refractivity contribution in [2.24, 2.45) is 0 Å². The van der Waals surface area contributed by atoms with Crippen molar-refractivity contribution in [2.45, 2.75) is 19.3 Å². The van der Waals surface area contributed by atoms with Gasteiger partial charge in [0.25, 0.3) is 16.0 Å². The molecule has 0 spiro atoms. The first-order chi connectivity index (χ1) is 24.0. The lowest BCUT2D eigenvalue weighted by molar-refractivity contribution is -0.117. The molecule has 6 rings (SSSR count). The van der Waals surface area contributed by atoms with Crippen LogP contribution in [0.25, 0.3) is 22.3 Å². The fraction of sp³-hybridized carbons (Fsp3) is 0.179. The molecule has 0 unspecified atom stereocenters. The summed E-state index contributed by atoms with van der Waals surface area (Å²) in [7, 11) is -4.19. The molecule has 1 atom stereocenters. The number of benzene rings is 5. The zero-order valence-corrected chi connectivity index (χ0v) is 28.8. The number of anilines is 1. The third kappa shape index (κ3) is 8.70. The Hall–Kier alpha value is -5.16. The van der Waals surface area contributed by atoms with Gasteiger partial charge in [-0.25, -0.2) is 0 Å². The summed E-state index contributed by atoms with van der Waals surface area (Å²) < 4.78 is 42.3. The first-order valence-electron chi connectivity index (χ1n) is 16.0. The minimum absolute atomic E-state index is 0.195. The molecule has 5 aromatic rings. The molecule has 0 bridgehead atoms. The molecule has 0 radical (unpaired) electrons. The fourth-order valence-electron chi connectivity index (χ4n) is 5.83. The summed E-state index contributed by atoms with van der Waals surface area (Å²) in [5.41, 5.74) is 7.64. The van der Waals surface area contributed by atoms with Gasteiger partial charge in [-0.15, -0.1) is 0 Å². The van der Waals surface area contributed by atoms with Gasteiger partial charge in [-0.3, -0.25) is 14.1 Å². The second-order valence-electron chi connectivity index (χ2n) is 12.0. The highest BCUT2D eigenvalue weighted by molar-refractivity contribution is 7.85. The number of carbonyl (C=O) groups excluding carboxylic acids is 2. The van der Waals surface area contributed by atoms with E-state index in [0.717, 1.165) is 38.9 Å². The van der Waals surface area contributed by atoms with Gasteiger partial charge in [0.05, 0.1) is 11.7 Å². The number of ether oxygens (including phenoxy) is 2. The molecule has 0 aromatic heterocycles. The van der Waals surface area contributed by atoms with Crippen molar-refractivity contribution in [1.82, 2.24) is 5.32 Å². The van der Waals surface area contributed by atoms with Gasteiger partial charge in [-0.1, -0.05) is 72.3 Å². The van der Waals surface area contributed by atoms with Crippen molar-refractivity contribution in [3.63, 3.8) is 0 Å². The lowest BCUT2D eigenvalue weighted by Crippen LogP contribution is -2.28. The standard InChI is InChI=1S/C39H35ClN2O7S/c1-25-22-32(40)13-16-34(25)28-10-14-33(15-11-28)42-39(44)35(23-26-2-4-30(5-3-26)38(43)41-18-21-50(45,46)47)29-8-6-27(7-9-29)31-12-17-36-37(24-31)49-20-19-48-36/h2-17,22,24,35H,18-21,23H2,1H3,(H,41,43)(H,42,44)(H,45,46,47)/t35-/m1/s1. The molecule has 0 saturated heterocycles. The maximum atomic E-state index is 14.0. The number of amides is 2. The Kier molecular flexibility index (Phi) is 10.5. The molecule has 1 aliphatic rings. The number of rotatable bonds is 11. The first-order valence-corrected chi connectivity index (χ1v) is 18.0. The highest BCUT2D eigenvalue weighted by Crippen LogP contribution is 2.35. The van der Waals surface area contributed by atoms with Crippen molar-refractivity contribution in [3.05, 3.63) is 136 Å². The molecule has 9 nitrogen and oxygen atoms in total. The van der Waals surface area contributed by atoms with E-state index >= 15 is 0 Å². The third-order valence-electron chi connectivity index (χ3n) is 8.46. The van der Waals surface area contributed by atoms with Gasteiger partial charge in [-0.2, -0.15) is 8.42 Å². The summed E-state index contributed by atoms with van der Waals surface area (Å²) in [5.74, 6) is -0.406. The molecule has 3 N–H and O–H groups in total. The van der Waals surface area contributed by atoms with Crippen LogP contribution in [0.3, 0.4) is 0 Å². The maximum absolute atomic E-state index is 14.0. The lowest BCUT2D eigenvalue weighted by Gasteiger charge is -2.20. The molecule has 50 heavy (non-hydrogen) atoms. The van der Waals surface area contributed by atoms with Gasteiger partial charge in [0.15, 0.2) is 11.5 Å². The van der Waals surface area contributed by atoms with Gasteiger partial charge < -0.3 is 20.1 Å². The summed E-state index contributed by atoms with van der Waals surface area (Å²) in [5, 5.41) is 6.24. The number of halogens is 1. The van der Waals surface area contributed by atoms with Crippen LogP contribution in [0.15, 0.2) is 109 Å². The van der Waals surface area contributed by atoms with E-state index in [1.54, 1.807) is 24.3 Å². The summed E-state index contributed by atoms with van der Waals surface area (Å²) >= 11 is 6.14. The lowest BCUT2D eigenvalue weighted by atomic mass is 9.89. The molecule has 11 heteroatoms. The Morgan fingerprint density at radius 3 is 2.14 bits per heavy atom. The van der Waals surface area contributed by atoms with E-state index in [0.29, 0.717) is 47.4 Å². The van der Waals surface area contributed by atoms with Gasteiger partial charge in [0.2, 0.25) is 5.91 Å². The van der Waals surface area contributed by atoms with Crippen molar-refractivity contribution < 1.29 is 32.0 Å². The number of aryl methyl sites for hydroxylation is 1. The predicted molar refractivity (Wildman–Crippen MR) is 195 cm³/mol. The quantitative estimate of drug-likeness (QED) is 0.122. The van der Waals surface area contributed by atoms with Crippen LogP contribution in [0.2, 0.25) is 5.02 Å². The normalized spacial score (nSPS) is 12.9. The Balaban J connectivity index is 1.22. The molecule has 0 fully saturated rings. The van der Waals surface area contributed by atoms with E-state index in [9.17, 15) is 18.0 Å². The number of nitrogens with one attached hydrogen (secondary N) is 2. The van der Waals surface area contributed by atoms with E-state index in [2.05, 4.69) is 10.6 Å². The average molecular weight is 711 g/mol. The second kappa shape index (κ2) is 15.2. The molecule has 0 aliphatic carbocycles. The van der Waals surface area contributed by atoms with Gasteiger partial charge in [0, 0.05) is 22.8 Å². The van der Waals surface area contributed by atoms with Crippen LogP contribution in [-0.4, -0.2) is 50.3 Å². The number of hydrogen-bond acceptors (Lipinski definition) is 6. The second-order valence-corrected chi connectivity index (χ2v) is 14.0. The topological polar surface area (TPSA) is 131 Å². The SMILES string of the molecule is Cc1cc(Cl)ccc1-c1ccc(NC(=O)[C@H](Cc2ccc(C(=O)NCCS(=O)(=O)O)cc2)c2ccc(-c3ccc4c(c3)OCCO4)cc2)cc1. The minimum atomic E-state index is -4.19. The molecular formula is C39H35ClN2O7S. The summed E-state index contributed by atoms with van der Waals surface area (Å²) in [6, 6.07) is 33.9. The van der Waals surface area contributed by atoms with Crippen molar-refractivity contribution >= 4 is 39.2 Å². The van der Waals surface area contributed by atoms with Crippen molar-refractivity contribution in [1.29, 1.82) is 0 Å². The molecule has 256 valence electrons. The van der Waals surface area contributed by atoms with Crippen LogP contribution in [0.4, 0.5) is 5.69 Å². The average Bonchev–Trinajstić information content (AvgIpc) is 3.10. The van der Waals surface area contributed by atoms with Crippen LogP contribution in [-0.2, 0) is 21.3 Å². The van der Waals surface area contributed by atoms with Crippen LogP contribution in [0, 0.1) is 6.92 Å². The van der Waals surface area contributed by atoms with E-state index < -0.39 is 27.7 Å². The van der Waals surface area contributed by atoms with Crippen molar-refractivity contribution in [2.75, 3.05) is 30.8 Å². The summed E-state index contributed by atoms with van der Waals surface area (Å²) in [6.07, 6.45) is 0.349. The molecular weight excluding hydrogens is 676 g/mol. The highest BCUT2D eigenvalue weighted by Gasteiger charge is 2.23. The largest absolute Gasteiger partial charge is 0.486 e. The van der Waals surface area contributed by atoms with E-state index in [4.69, 9.17) is 25.6 Å². The maximum Gasteiger partial charge on any atom is 0.266 e. The van der Waals surface area contributed by atoms with E-state index in [-0.39, 0.29) is 12.5 Å². The molecule has 0 saturated carbocycles. The smallest absolute Gasteiger partial charge is 0.266 e. The Morgan fingerprint density at radius 1 is 0.800 bits per heavy atom. The monoisotopic (exact) mass is 710 g/mol. The summed E-state index contributed by atoms with van der Waals surface area (Å²) in [4.78, 5) is 26.5. The van der Waals surface area contributed by atoms with E-state index in [1.807, 2.05) is 91.9 Å². The fourth-order valence-corrected chi connectivity index (χ4v) is 6.42. The Labute approximate surface area is 296 Å². The molecule has 1 aliphatic heterocycles. The Bertz CT molecular complexity index is 2120. The van der Waals surface area contributed by atoms with Crippen LogP contribution < -0.4 is 20.1 Å². The van der Waals surface area contributed by atoms with Crippen LogP contribution >= 0.6 is 11.6 Å². The van der Waals surface area contributed by atoms with Gasteiger partial charge in [0.1, 0.15) is 13.2 Å². The highest BCUT2D eigenvalue weighted by atomic mass is 35.5. The number of fused-ring (bicyclic) bond motifs is 1. The molecule has 5 aromatic carbocycles. The molecule has 2 amide bonds. The first kappa shape index (κ1) is 34.7. The van der Waals surface area contributed by atoms with E-state index in [1.165, 1.54) is 0 Å². The third-order valence-corrected chi connectivity index (χ3v) is 9.41.